The molecule has 7 N–H and O–H groups in total. The number of methoxy groups -OCH3 is 1. The predicted molar refractivity (Wildman–Crippen MR) is 349 cm³/mol. The van der Waals surface area contributed by atoms with Gasteiger partial charge in [0.05, 0.1) is 58.7 Å². The summed E-state index contributed by atoms with van der Waals surface area (Å²) in [5, 5.41) is 81.1. The van der Waals surface area contributed by atoms with Crippen LogP contribution in [-0.4, -0.2) is 162 Å². The van der Waals surface area contributed by atoms with Gasteiger partial charge in [-0.3, -0.25) is 29.6 Å². The van der Waals surface area contributed by atoms with Crippen LogP contribution in [-0.2, 0) is 40.0 Å². The predicted octanol–water partition coefficient (Wildman–Crippen LogP) is 9.57. The zero-order valence-corrected chi connectivity index (χ0v) is 55.6. The molecule has 0 spiro atoms. The maximum Gasteiger partial charge on any atom is 0.312 e. The molecule has 6 heterocycles. The van der Waals surface area contributed by atoms with E-state index in [9.17, 15) is 44.7 Å². The number of fused-ring (bicyclic) bond motifs is 14. The molecule has 10 atom stereocenters. The Balaban J connectivity index is 0.000000277. The lowest BCUT2D eigenvalue weighted by Gasteiger charge is -2.38. The smallest absolute Gasteiger partial charge is 0.312 e. The standard InChI is InChI=1S/C43H58N4O12.C22H21Cl2N5O3S/c1-21-12-11-13-22(2)42(55)45-33-28(20-44-47-17-15-46(9)16-18-47)37(52)30-31(38(33)53)36(51)26(6)40-32(30)41(54)43(8,59-40)57-19-14-29(56-10)23(3)39(58-27(7)48)25(5)35(50)24(4)34(21)49;1-3-33-22-26-25-21(29(22)27-13(2)30)12-31-19-7-5-4-6-16(19)18-11-20(32-28-18)15-9-8-14(23)10-17(15)24/h11-14,19-21,23-25,29,34-35,39,49-53H,15-18H2,1-10H3,(H,45,55);4-10,20H,3,11-12H2,1-2H3,(H,27,30)/b12-11+,19-14+,22-13-,44-20+;/t21-,23+,24+,25+,29-,34-,35+,39+,43-;/m0./s1. The third kappa shape index (κ3) is 15.4. The van der Waals surface area contributed by atoms with Crippen LogP contribution in [0.25, 0.3) is 10.8 Å². The molecule has 24 nitrogen and oxygen atoms in total. The van der Waals surface area contributed by atoms with Crippen LogP contribution in [0.3, 0.4) is 0 Å². The highest BCUT2D eigenvalue weighted by atomic mass is 35.5. The van der Waals surface area contributed by atoms with Gasteiger partial charge in [-0.2, -0.15) is 5.10 Å². The van der Waals surface area contributed by atoms with Gasteiger partial charge in [0.1, 0.15) is 35.7 Å². The number of hydrogen-bond donors (Lipinski definition) is 7. The molecular formula is C65H79Cl2N9O15S. The van der Waals surface area contributed by atoms with Crippen molar-refractivity contribution in [3.63, 3.8) is 0 Å². The van der Waals surface area contributed by atoms with Gasteiger partial charge in [0.15, 0.2) is 17.7 Å². The number of nitrogens with one attached hydrogen (secondary N) is 2. The van der Waals surface area contributed by atoms with Crippen molar-refractivity contribution in [3.05, 3.63) is 122 Å². The number of hydrogen-bond acceptors (Lipinski definition) is 22. The van der Waals surface area contributed by atoms with E-state index in [0.717, 1.165) is 35.7 Å². The van der Waals surface area contributed by atoms with Crippen molar-refractivity contribution in [3.8, 4) is 28.7 Å². The molecule has 4 aromatic carbocycles. The van der Waals surface area contributed by atoms with Crippen molar-refractivity contribution in [2.75, 3.05) is 56.8 Å². The number of amides is 2. The summed E-state index contributed by atoms with van der Waals surface area (Å²) in [6, 6.07) is 12.9. The summed E-state index contributed by atoms with van der Waals surface area (Å²) in [5.41, 5.74) is 4.75. The van der Waals surface area contributed by atoms with Crippen molar-refractivity contribution in [1.82, 2.24) is 24.8 Å². The van der Waals surface area contributed by atoms with Gasteiger partial charge in [-0.25, -0.2) is 4.68 Å². The second-order valence-corrected chi connectivity index (χ2v) is 25.3. The number of phenols is 3. The van der Waals surface area contributed by atoms with E-state index in [1.165, 1.54) is 78.1 Å². The van der Waals surface area contributed by atoms with Crippen LogP contribution in [0.5, 0.6) is 28.7 Å². The van der Waals surface area contributed by atoms with Crippen molar-refractivity contribution in [2.45, 2.75) is 124 Å². The van der Waals surface area contributed by atoms with Crippen LogP contribution in [0.4, 0.5) is 5.69 Å². The number of aliphatic hydroxyl groups excluding tert-OH is 2. The van der Waals surface area contributed by atoms with Gasteiger partial charge in [-0.15, -0.1) is 10.2 Å². The topological polar surface area (TPSA) is 311 Å². The first kappa shape index (κ1) is 70.0. The van der Waals surface area contributed by atoms with Gasteiger partial charge >= 0.3 is 11.8 Å². The number of Topliss-reactive ketones (excluding diaryl/α,β-unsaturated/α-hetero) is 1. The monoisotopic (exact) mass is 1330 g/mol. The van der Waals surface area contributed by atoms with E-state index < -0.39 is 88.8 Å². The molecule has 5 aromatic rings. The normalized spacial score (nSPS) is 26.0. The summed E-state index contributed by atoms with van der Waals surface area (Å²) >= 11 is 13.8. The number of benzene rings is 4. The quantitative estimate of drug-likeness (QED) is 0.0201. The average molecular weight is 1330 g/mol. The number of allylic oxidation sites excluding steroid dienone is 2. The second kappa shape index (κ2) is 30.2. The number of carbonyl (C=O) groups excluding carboxylic acids is 4. The molecule has 0 aliphatic carbocycles. The number of oxime groups is 1. The average Bonchev–Trinajstić information content (AvgIpc) is 1.45. The Morgan fingerprint density at radius 2 is 1.65 bits per heavy atom. The fraction of sp³-hybridized carbons (Fsp3) is 0.446. The number of piperazine rings is 1. The Kier molecular flexibility index (Phi) is 23.0. The fourth-order valence-electron chi connectivity index (χ4n) is 11.2. The molecule has 1 aromatic heterocycles. The van der Waals surface area contributed by atoms with Gasteiger partial charge in [-0.1, -0.05) is 111 Å². The molecule has 5 aliphatic rings. The summed E-state index contributed by atoms with van der Waals surface area (Å²) in [6.07, 6.45) is 5.08. The maximum absolute atomic E-state index is 14.4. The molecular weight excluding hydrogens is 1250 g/mol. The summed E-state index contributed by atoms with van der Waals surface area (Å²) in [6.45, 7) is 18.6. The van der Waals surface area contributed by atoms with Gasteiger partial charge in [0.2, 0.25) is 11.1 Å². The minimum Gasteiger partial charge on any atom is -0.507 e. The zero-order valence-electron chi connectivity index (χ0n) is 53.3. The largest absolute Gasteiger partial charge is 0.507 e. The Morgan fingerprint density at radius 1 is 0.935 bits per heavy atom. The van der Waals surface area contributed by atoms with E-state index in [2.05, 4.69) is 36.1 Å². The number of nitrogens with zero attached hydrogens (tertiary/aromatic N) is 7. The molecule has 0 saturated carbocycles. The van der Waals surface area contributed by atoms with Crippen LogP contribution in [0.1, 0.15) is 113 Å². The van der Waals surface area contributed by atoms with Crippen molar-refractivity contribution >= 4 is 86.9 Å². The highest BCUT2D eigenvalue weighted by molar-refractivity contribution is 7.99. The number of rotatable bonds is 12. The molecule has 2 amide bonds. The van der Waals surface area contributed by atoms with E-state index in [1.807, 2.05) is 44.3 Å². The number of ether oxygens (including phenoxy) is 5. The van der Waals surface area contributed by atoms with Crippen LogP contribution >= 0.6 is 35.0 Å². The Labute approximate surface area is 547 Å². The van der Waals surface area contributed by atoms with E-state index in [4.69, 9.17) is 51.7 Å². The van der Waals surface area contributed by atoms with E-state index in [1.54, 1.807) is 61.7 Å². The van der Waals surface area contributed by atoms with Crippen LogP contribution in [0, 0.1) is 30.6 Å². The lowest BCUT2D eigenvalue weighted by molar-refractivity contribution is -0.160. The number of likely N-dealkylation sites (N-methyl/N-ethyl adjacent to an activating group) is 1. The minimum absolute atomic E-state index is 0.0559. The molecule has 10 rings (SSSR count). The molecule has 27 heteroatoms. The molecule has 5 aliphatic heterocycles. The van der Waals surface area contributed by atoms with Crippen molar-refractivity contribution in [1.29, 1.82) is 0 Å². The SMILES string of the molecule is CCSc1nnc(COc2ccccc2C2=NOC(c3ccc(Cl)cc3Cl)C2)n1NC(C)=O.CO[C@H]1/C=C/O[C@@]2(C)Oc3c(C)c(O)c4c(O)c(c(/C=N/N5CCN(C)CC5)c(O)c4c3C2=O)NC(=O)/C(C)=C\C=C\[C@H](C)[C@H](O)[C@@H](C)[C@@H](O)[C@@H](C)[C@H](OC(C)=O)[C@@H]1C. The van der Waals surface area contributed by atoms with Gasteiger partial charge in [-0.05, 0) is 57.0 Å². The number of thioether (sulfide) groups is 1. The third-order valence-corrected chi connectivity index (χ3v) is 18.0. The van der Waals surface area contributed by atoms with Gasteiger partial charge in [0, 0.05) is 122 Å². The summed E-state index contributed by atoms with van der Waals surface area (Å²) in [4.78, 5) is 59.9. The first-order valence-electron chi connectivity index (χ1n) is 30.0. The molecule has 1 fully saturated rings. The number of esters is 1. The molecule has 0 radical (unpaired) electrons. The summed E-state index contributed by atoms with van der Waals surface area (Å²) in [7, 11) is 3.42. The third-order valence-electron chi connectivity index (χ3n) is 16.6. The molecule has 5 bridgehead atoms. The van der Waals surface area contributed by atoms with Gasteiger partial charge < -0.3 is 64.3 Å². The second-order valence-electron chi connectivity index (χ2n) is 23.2. The highest BCUT2D eigenvalue weighted by Crippen LogP contribution is 2.55. The number of ketones is 1. The van der Waals surface area contributed by atoms with Crippen LogP contribution < -0.4 is 20.2 Å². The maximum atomic E-state index is 14.4. The molecule has 494 valence electrons. The highest BCUT2D eigenvalue weighted by Gasteiger charge is 2.50. The number of carbonyl (C=O) groups is 4. The minimum atomic E-state index is -2.04. The van der Waals surface area contributed by atoms with Crippen molar-refractivity contribution in [2.24, 2.45) is 33.9 Å². The lowest BCUT2D eigenvalue weighted by Crippen LogP contribution is -2.46. The molecule has 92 heavy (non-hydrogen) atoms. The number of halogens is 2. The van der Waals surface area contributed by atoms with E-state index >= 15 is 0 Å². The van der Waals surface area contributed by atoms with E-state index in [-0.39, 0.29) is 63.1 Å². The number of aromatic hydroxyl groups is 3. The number of aliphatic hydroxyl groups is 2. The Morgan fingerprint density at radius 3 is 2.33 bits per heavy atom. The van der Waals surface area contributed by atoms with Crippen LogP contribution in [0.15, 0.2) is 94.0 Å². The number of anilines is 1. The van der Waals surface area contributed by atoms with Crippen molar-refractivity contribution < 1.29 is 73.2 Å². The Hall–Kier alpha value is -7.91. The first-order chi connectivity index (χ1) is 43.7. The Bertz CT molecular complexity index is 3740. The lowest BCUT2D eigenvalue weighted by atomic mass is 9.78. The molecule has 1 unspecified atom stereocenters. The number of hydrazone groups is 1. The number of para-hydroxylation sites is 1. The first-order valence-corrected chi connectivity index (χ1v) is 31.7. The zero-order chi connectivity index (χ0) is 67.0. The number of aromatic nitrogens is 3. The summed E-state index contributed by atoms with van der Waals surface area (Å²) < 4.78 is 31.2. The number of phenolic OH excluding ortho intramolecular Hbond substituents is 3. The molecule has 1 saturated heterocycles. The van der Waals surface area contributed by atoms with Gasteiger partial charge in [0.25, 0.3) is 11.7 Å². The summed E-state index contributed by atoms with van der Waals surface area (Å²) in [5.74, 6) is -6.68. The fourth-order valence-corrected chi connectivity index (χ4v) is 12.4. The van der Waals surface area contributed by atoms with Crippen LogP contribution in [0.2, 0.25) is 10.0 Å². The van der Waals surface area contributed by atoms with E-state index in [0.29, 0.717) is 46.3 Å².